The van der Waals surface area contributed by atoms with E-state index in [0.29, 0.717) is 17.7 Å². The lowest BCUT2D eigenvalue weighted by Gasteiger charge is -2.01. The Balaban J connectivity index is 2.24. The Bertz CT molecular complexity index is 290. The Morgan fingerprint density at radius 1 is 1.77 bits per heavy atom. The van der Waals surface area contributed by atoms with E-state index in [0.717, 1.165) is 0 Å². The predicted molar refractivity (Wildman–Crippen MR) is 51.5 cm³/mol. The maximum atomic E-state index is 10.7. The number of hydrogen-bond acceptors (Lipinski definition) is 3. The summed E-state index contributed by atoms with van der Waals surface area (Å²) in [5, 5.41) is 10.5. The van der Waals surface area contributed by atoms with Crippen LogP contribution in [0.15, 0.2) is 10.8 Å². The lowest BCUT2D eigenvalue weighted by Crippen LogP contribution is -2.28. The Hall–Kier alpha value is -0.620. The molecule has 0 atom stereocenters. The van der Waals surface area contributed by atoms with E-state index >= 15 is 0 Å². The number of hydrogen-bond donors (Lipinski definition) is 1. The first-order chi connectivity index (χ1) is 6.22. The smallest absolute Gasteiger partial charge is 0.234 e. The summed E-state index contributed by atoms with van der Waals surface area (Å²) in [4.78, 5) is 12.2. The minimum absolute atomic E-state index is 0.0176. The molecule has 0 saturated carbocycles. The van der Waals surface area contributed by atoms with Gasteiger partial charge in [-0.3, -0.25) is 4.79 Å². The van der Waals surface area contributed by atoms with Crippen LogP contribution in [0, 0.1) is 0 Å². The van der Waals surface area contributed by atoms with Crippen molar-refractivity contribution in [2.24, 2.45) is 0 Å². The third kappa shape index (κ3) is 3.73. The van der Waals surface area contributed by atoms with Gasteiger partial charge in [-0.05, 0) is 15.9 Å². The molecule has 0 aliphatic rings. The normalized spacial score (nSPS) is 10.0. The number of nitrogens with zero attached hydrogens (tertiary/aromatic N) is 3. The zero-order chi connectivity index (χ0) is 9.68. The van der Waals surface area contributed by atoms with Crippen molar-refractivity contribution in [1.29, 1.82) is 0 Å². The Kier molecular flexibility index (Phi) is 4.17. The van der Waals surface area contributed by atoms with Crippen LogP contribution < -0.4 is 5.32 Å². The average molecular weight is 268 g/mol. The van der Waals surface area contributed by atoms with Gasteiger partial charge in [0.15, 0.2) is 0 Å². The lowest BCUT2D eigenvalue weighted by atomic mass is 10.6. The van der Waals surface area contributed by atoms with E-state index in [1.54, 1.807) is 6.20 Å². The van der Waals surface area contributed by atoms with E-state index in [-0.39, 0.29) is 11.8 Å². The molecule has 72 valence electrons. The minimum Gasteiger partial charge on any atom is -0.353 e. The van der Waals surface area contributed by atoms with Gasteiger partial charge in [0.05, 0.1) is 12.7 Å². The van der Waals surface area contributed by atoms with Crippen molar-refractivity contribution in [2.45, 2.75) is 6.54 Å². The van der Waals surface area contributed by atoms with Crippen LogP contribution in [0.3, 0.4) is 0 Å². The summed E-state index contributed by atoms with van der Waals surface area (Å²) in [6, 6.07) is 0. The van der Waals surface area contributed by atoms with Gasteiger partial charge in [0.1, 0.15) is 10.5 Å². The number of carbonyl (C=O) groups is 1. The van der Waals surface area contributed by atoms with Gasteiger partial charge in [0.25, 0.3) is 0 Å². The fraction of sp³-hybridized carbons (Fsp3) is 0.500. The Morgan fingerprint density at radius 3 is 3.08 bits per heavy atom. The molecule has 0 fully saturated rings. The number of amides is 1. The van der Waals surface area contributed by atoms with Crippen LogP contribution in [0.25, 0.3) is 0 Å². The number of alkyl halides is 1. The molecule has 0 aliphatic heterocycles. The minimum atomic E-state index is -0.187. The number of halogens is 2. The number of aromatic nitrogens is 3. The third-order valence-corrected chi connectivity index (χ3v) is 1.87. The Morgan fingerprint density at radius 2 is 2.54 bits per heavy atom. The molecule has 13 heavy (non-hydrogen) atoms. The average Bonchev–Trinajstić information content (AvgIpc) is 2.51. The molecule has 1 rings (SSSR count). The summed E-state index contributed by atoms with van der Waals surface area (Å²) in [6.07, 6.45) is 1.59. The number of carbonyl (C=O) groups excluding carboxylic acids is 1. The first kappa shape index (κ1) is 10.5. The van der Waals surface area contributed by atoms with Crippen LogP contribution in [0.2, 0.25) is 0 Å². The van der Waals surface area contributed by atoms with Gasteiger partial charge in [-0.1, -0.05) is 0 Å². The zero-order valence-electron chi connectivity index (χ0n) is 6.70. The largest absolute Gasteiger partial charge is 0.353 e. The molecule has 0 spiro atoms. The molecule has 0 radical (unpaired) electrons. The fourth-order valence-electron chi connectivity index (χ4n) is 0.727. The van der Waals surface area contributed by atoms with E-state index in [2.05, 4.69) is 31.4 Å². The molecule has 1 amide bonds. The maximum Gasteiger partial charge on any atom is 0.234 e. The highest BCUT2D eigenvalue weighted by atomic mass is 79.9. The Labute approximate surface area is 88.6 Å². The monoisotopic (exact) mass is 266 g/mol. The standard InChI is InChI=1S/C6H8BrClN4O/c7-5-4-10-12(11-5)2-1-9-6(13)3-8/h4H,1-3H2,(H,9,13). The van der Waals surface area contributed by atoms with E-state index in [9.17, 15) is 4.79 Å². The van der Waals surface area contributed by atoms with E-state index < -0.39 is 0 Å². The first-order valence-electron chi connectivity index (χ1n) is 3.60. The van der Waals surface area contributed by atoms with Gasteiger partial charge in [0, 0.05) is 6.54 Å². The number of nitrogens with one attached hydrogen (secondary N) is 1. The summed E-state index contributed by atoms with van der Waals surface area (Å²) in [5.41, 5.74) is 0. The molecule has 0 aliphatic carbocycles. The van der Waals surface area contributed by atoms with Gasteiger partial charge in [-0.2, -0.15) is 9.90 Å². The van der Waals surface area contributed by atoms with Crippen molar-refractivity contribution in [3.63, 3.8) is 0 Å². The maximum absolute atomic E-state index is 10.7. The molecule has 0 bridgehead atoms. The number of rotatable bonds is 4. The second-order valence-electron chi connectivity index (χ2n) is 2.25. The van der Waals surface area contributed by atoms with Crippen LogP contribution in [0.5, 0.6) is 0 Å². The SMILES string of the molecule is O=C(CCl)NCCn1ncc(Br)n1. The van der Waals surface area contributed by atoms with Crippen LogP contribution in [-0.4, -0.2) is 33.3 Å². The van der Waals surface area contributed by atoms with Crippen LogP contribution in [0.1, 0.15) is 0 Å². The molecule has 0 unspecified atom stereocenters. The van der Waals surface area contributed by atoms with Gasteiger partial charge in [-0.25, -0.2) is 0 Å². The van der Waals surface area contributed by atoms with Crippen molar-refractivity contribution < 1.29 is 4.79 Å². The van der Waals surface area contributed by atoms with E-state index in [1.807, 2.05) is 0 Å². The molecule has 1 heterocycles. The molecule has 1 aromatic rings. The molecule has 0 saturated heterocycles. The van der Waals surface area contributed by atoms with Crippen molar-refractivity contribution in [3.8, 4) is 0 Å². The first-order valence-corrected chi connectivity index (χ1v) is 4.93. The predicted octanol–water partition coefficient (Wildman–Crippen LogP) is 0.396. The van der Waals surface area contributed by atoms with Crippen molar-refractivity contribution in [1.82, 2.24) is 20.3 Å². The van der Waals surface area contributed by atoms with Crippen LogP contribution >= 0.6 is 27.5 Å². The highest BCUT2D eigenvalue weighted by Crippen LogP contribution is 1.99. The molecule has 7 heteroatoms. The highest BCUT2D eigenvalue weighted by molar-refractivity contribution is 9.10. The van der Waals surface area contributed by atoms with Gasteiger partial charge in [-0.15, -0.1) is 16.7 Å². The second-order valence-corrected chi connectivity index (χ2v) is 3.33. The van der Waals surface area contributed by atoms with E-state index in [1.165, 1.54) is 4.80 Å². The molecule has 1 N–H and O–H groups in total. The fourth-order valence-corrected chi connectivity index (χ4v) is 1.10. The van der Waals surface area contributed by atoms with Crippen LogP contribution in [0.4, 0.5) is 0 Å². The van der Waals surface area contributed by atoms with Gasteiger partial charge >= 0.3 is 0 Å². The van der Waals surface area contributed by atoms with Crippen molar-refractivity contribution in [3.05, 3.63) is 10.8 Å². The molecule has 0 aromatic carbocycles. The summed E-state index contributed by atoms with van der Waals surface area (Å²) >= 11 is 8.44. The van der Waals surface area contributed by atoms with E-state index in [4.69, 9.17) is 11.6 Å². The molecule has 1 aromatic heterocycles. The highest BCUT2D eigenvalue weighted by Gasteiger charge is 1.99. The summed E-state index contributed by atoms with van der Waals surface area (Å²) in [5.74, 6) is -0.205. The lowest BCUT2D eigenvalue weighted by molar-refractivity contribution is -0.118. The van der Waals surface area contributed by atoms with Crippen molar-refractivity contribution >= 4 is 33.4 Å². The van der Waals surface area contributed by atoms with Crippen LogP contribution in [-0.2, 0) is 11.3 Å². The van der Waals surface area contributed by atoms with Gasteiger partial charge in [0.2, 0.25) is 5.91 Å². The molecular weight excluding hydrogens is 259 g/mol. The topological polar surface area (TPSA) is 59.8 Å². The second kappa shape index (κ2) is 5.18. The van der Waals surface area contributed by atoms with Crippen molar-refractivity contribution in [2.75, 3.05) is 12.4 Å². The third-order valence-electron chi connectivity index (χ3n) is 1.26. The quantitative estimate of drug-likeness (QED) is 0.803. The van der Waals surface area contributed by atoms with Gasteiger partial charge < -0.3 is 5.32 Å². The zero-order valence-corrected chi connectivity index (χ0v) is 9.05. The summed E-state index contributed by atoms with van der Waals surface area (Å²) in [7, 11) is 0. The molecule has 5 nitrogen and oxygen atoms in total. The summed E-state index contributed by atoms with van der Waals surface area (Å²) in [6.45, 7) is 1.01. The summed E-state index contributed by atoms with van der Waals surface area (Å²) < 4.78 is 0.677. The molecular formula is C6H8BrClN4O.